The van der Waals surface area contributed by atoms with E-state index in [-0.39, 0.29) is 5.92 Å². The van der Waals surface area contributed by atoms with E-state index in [1.54, 1.807) is 6.33 Å². The number of piperidine rings is 1. The Morgan fingerprint density at radius 3 is 2.13 bits per heavy atom. The number of rotatable bonds is 4. The lowest BCUT2D eigenvalue weighted by atomic mass is 9.97. The van der Waals surface area contributed by atoms with Gasteiger partial charge in [0.15, 0.2) is 11.6 Å². The highest BCUT2D eigenvalue weighted by atomic mass is 16.4. The van der Waals surface area contributed by atoms with Gasteiger partial charge in [0.05, 0.1) is 5.92 Å². The van der Waals surface area contributed by atoms with Crippen LogP contribution in [0.5, 0.6) is 0 Å². The lowest BCUT2D eigenvalue weighted by molar-refractivity contribution is -0.142. The Kier molecular flexibility index (Phi) is 5.65. The van der Waals surface area contributed by atoms with Crippen LogP contribution >= 0.6 is 0 Å². The summed E-state index contributed by atoms with van der Waals surface area (Å²) >= 11 is 0. The van der Waals surface area contributed by atoms with Crippen LogP contribution in [0.15, 0.2) is 24.5 Å². The molecular formula is C22H30N6O2. The van der Waals surface area contributed by atoms with Crippen molar-refractivity contribution >= 4 is 29.0 Å². The zero-order valence-electron chi connectivity index (χ0n) is 17.7. The van der Waals surface area contributed by atoms with Crippen LogP contribution in [-0.2, 0) is 4.79 Å². The zero-order chi connectivity index (χ0) is 21.3. The Morgan fingerprint density at radius 2 is 1.53 bits per heavy atom. The average Bonchev–Trinajstić information content (AvgIpc) is 2.76. The second kappa shape index (κ2) is 8.38. The maximum atomic E-state index is 11.2. The first-order chi connectivity index (χ1) is 14.5. The minimum Gasteiger partial charge on any atom is -0.481 e. The number of aromatic nitrogens is 2. The monoisotopic (exact) mass is 410 g/mol. The summed E-state index contributed by atoms with van der Waals surface area (Å²) in [6.07, 6.45) is 2.80. The van der Waals surface area contributed by atoms with Crippen LogP contribution in [0.4, 0.5) is 23.0 Å². The summed E-state index contributed by atoms with van der Waals surface area (Å²) in [4.78, 5) is 26.9. The number of nitrogens with zero attached hydrogens (tertiary/aromatic N) is 5. The van der Waals surface area contributed by atoms with Crippen LogP contribution in [0.2, 0.25) is 0 Å². The molecule has 0 aliphatic carbocycles. The molecular weight excluding hydrogens is 380 g/mol. The standard InChI is InChI=1S/C22H30N6O2/c1-15-4-3-5-18(16(15)2)26-10-12-28(13-11-26)21-19(23)20(24-14-25-21)27-8-6-17(7-9-27)22(29)30/h3-5,14,17H,6-13,23H2,1-2H3,(H,29,30). The van der Waals surface area contributed by atoms with Crippen LogP contribution in [-0.4, -0.2) is 60.3 Å². The number of aliphatic carboxylic acids is 1. The van der Waals surface area contributed by atoms with Gasteiger partial charge in [-0.1, -0.05) is 12.1 Å². The van der Waals surface area contributed by atoms with E-state index in [1.807, 2.05) is 0 Å². The Hall–Kier alpha value is -3.03. The molecule has 8 heteroatoms. The third-order valence-electron chi connectivity index (χ3n) is 6.48. The summed E-state index contributed by atoms with van der Waals surface area (Å²) in [5, 5.41) is 9.22. The SMILES string of the molecule is Cc1cccc(N2CCN(c3ncnc(N4CCC(C(=O)O)CC4)c3N)CC2)c1C. The lowest BCUT2D eigenvalue weighted by Gasteiger charge is -2.38. The number of benzene rings is 1. The molecule has 1 aromatic carbocycles. The van der Waals surface area contributed by atoms with E-state index in [2.05, 4.69) is 56.7 Å². The first-order valence-corrected chi connectivity index (χ1v) is 10.6. The van der Waals surface area contributed by atoms with Gasteiger partial charge in [-0.3, -0.25) is 4.79 Å². The van der Waals surface area contributed by atoms with E-state index in [0.717, 1.165) is 37.8 Å². The van der Waals surface area contributed by atoms with E-state index in [1.165, 1.54) is 16.8 Å². The molecule has 0 atom stereocenters. The van der Waals surface area contributed by atoms with E-state index < -0.39 is 5.97 Å². The van der Waals surface area contributed by atoms with Crippen molar-refractivity contribution in [1.29, 1.82) is 0 Å². The molecule has 1 aromatic heterocycles. The molecule has 2 aliphatic heterocycles. The molecule has 30 heavy (non-hydrogen) atoms. The van der Waals surface area contributed by atoms with Crippen LogP contribution in [0, 0.1) is 19.8 Å². The number of piperazine rings is 1. The second-order valence-electron chi connectivity index (χ2n) is 8.23. The molecule has 0 bridgehead atoms. The minimum atomic E-state index is -0.715. The molecule has 2 aromatic rings. The number of nitrogens with two attached hydrogens (primary N) is 1. The van der Waals surface area contributed by atoms with Gasteiger partial charge >= 0.3 is 5.97 Å². The Balaban J connectivity index is 1.45. The molecule has 4 rings (SSSR count). The fourth-order valence-corrected chi connectivity index (χ4v) is 4.46. The smallest absolute Gasteiger partial charge is 0.306 e. The van der Waals surface area contributed by atoms with Crippen molar-refractivity contribution in [2.75, 3.05) is 59.7 Å². The van der Waals surface area contributed by atoms with Crippen molar-refractivity contribution in [1.82, 2.24) is 9.97 Å². The summed E-state index contributed by atoms with van der Waals surface area (Å²) in [5.74, 6) is 0.511. The van der Waals surface area contributed by atoms with Gasteiger partial charge in [0.25, 0.3) is 0 Å². The number of hydrogen-bond acceptors (Lipinski definition) is 7. The van der Waals surface area contributed by atoms with Crippen LogP contribution in [0.3, 0.4) is 0 Å². The van der Waals surface area contributed by atoms with Crippen molar-refractivity contribution in [2.45, 2.75) is 26.7 Å². The van der Waals surface area contributed by atoms with Crippen molar-refractivity contribution in [2.24, 2.45) is 5.92 Å². The second-order valence-corrected chi connectivity index (χ2v) is 8.23. The van der Waals surface area contributed by atoms with Crippen LogP contribution in [0.1, 0.15) is 24.0 Å². The number of nitrogen functional groups attached to an aromatic ring is 1. The molecule has 3 heterocycles. The molecule has 0 amide bonds. The van der Waals surface area contributed by atoms with Gasteiger partial charge in [0.1, 0.15) is 12.0 Å². The molecule has 160 valence electrons. The van der Waals surface area contributed by atoms with Gasteiger partial charge in [-0.15, -0.1) is 0 Å². The average molecular weight is 411 g/mol. The largest absolute Gasteiger partial charge is 0.481 e. The van der Waals surface area contributed by atoms with Crippen LogP contribution < -0.4 is 20.4 Å². The first kappa shape index (κ1) is 20.3. The van der Waals surface area contributed by atoms with Crippen molar-refractivity contribution in [3.8, 4) is 0 Å². The van der Waals surface area contributed by atoms with Crippen molar-refractivity contribution in [3.05, 3.63) is 35.7 Å². The first-order valence-electron chi connectivity index (χ1n) is 10.6. The Labute approximate surface area is 177 Å². The molecule has 2 aliphatic rings. The van der Waals surface area contributed by atoms with Crippen molar-refractivity contribution in [3.63, 3.8) is 0 Å². The summed E-state index contributed by atoms with van der Waals surface area (Å²) in [6.45, 7) is 9.14. The zero-order valence-corrected chi connectivity index (χ0v) is 17.7. The molecule has 2 saturated heterocycles. The lowest BCUT2D eigenvalue weighted by Crippen LogP contribution is -2.47. The quantitative estimate of drug-likeness (QED) is 0.792. The van der Waals surface area contributed by atoms with Gasteiger partial charge in [-0.25, -0.2) is 9.97 Å². The summed E-state index contributed by atoms with van der Waals surface area (Å²) < 4.78 is 0. The molecule has 0 unspecified atom stereocenters. The number of anilines is 4. The predicted molar refractivity (Wildman–Crippen MR) is 119 cm³/mol. The molecule has 0 spiro atoms. The van der Waals surface area contributed by atoms with E-state index in [9.17, 15) is 9.90 Å². The van der Waals surface area contributed by atoms with Crippen molar-refractivity contribution < 1.29 is 9.90 Å². The molecule has 2 fully saturated rings. The van der Waals surface area contributed by atoms with Gasteiger partial charge in [0.2, 0.25) is 0 Å². The Morgan fingerprint density at radius 1 is 0.967 bits per heavy atom. The fourth-order valence-electron chi connectivity index (χ4n) is 4.46. The molecule has 0 saturated carbocycles. The van der Waals surface area contributed by atoms with E-state index in [4.69, 9.17) is 5.73 Å². The molecule has 3 N–H and O–H groups in total. The fraction of sp³-hybridized carbons (Fsp3) is 0.500. The maximum absolute atomic E-state index is 11.2. The topological polar surface area (TPSA) is 98.8 Å². The number of carbonyl (C=O) groups is 1. The van der Waals surface area contributed by atoms with Gasteiger partial charge in [0, 0.05) is 45.0 Å². The number of carboxylic acids is 1. The normalized spacial score (nSPS) is 18.0. The highest BCUT2D eigenvalue weighted by molar-refractivity contribution is 5.77. The van der Waals surface area contributed by atoms with Gasteiger partial charge in [-0.2, -0.15) is 0 Å². The van der Waals surface area contributed by atoms with E-state index >= 15 is 0 Å². The van der Waals surface area contributed by atoms with E-state index in [0.29, 0.717) is 31.6 Å². The molecule has 8 nitrogen and oxygen atoms in total. The number of hydrogen-bond donors (Lipinski definition) is 2. The highest BCUT2D eigenvalue weighted by Gasteiger charge is 2.28. The maximum Gasteiger partial charge on any atom is 0.306 e. The van der Waals surface area contributed by atoms with Gasteiger partial charge < -0.3 is 25.5 Å². The number of aryl methyl sites for hydroxylation is 1. The third-order valence-corrected chi connectivity index (χ3v) is 6.48. The van der Waals surface area contributed by atoms with Gasteiger partial charge in [-0.05, 0) is 43.9 Å². The predicted octanol–water partition coefficient (Wildman–Crippen LogP) is 2.30. The Bertz CT molecular complexity index is 918. The minimum absolute atomic E-state index is 0.276. The summed E-state index contributed by atoms with van der Waals surface area (Å²) in [5.41, 5.74) is 11.0. The molecule has 0 radical (unpaired) electrons. The summed E-state index contributed by atoms with van der Waals surface area (Å²) in [6, 6.07) is 6.46. The highest BCUT2D eigenvalue weighted by Crippen LogP contribution is 2.33. The van der Waals surface area contributed by atoms with Crippen LogP contribution in [0.25, 0.3) is 0 Å². The summed E-state index contributed by atoms with van der Waals surface area (Å²) in [7, 11) is 0. The third kappa shape index (κ3) is 3.86. The number of carboxylic acid groups (broad SMARTS) is 1.